The first-order valence-corrected chi connectivity index (χ1v) is 13.2. The van der Waals surface area contributed by atoms with Gasteiger partial charge >= 0.3 is 23.9 Å². The predicted molar refractivity (Wildman–Crippen MR) is 146 cm³/mol. The fourth-order valence-electron chi connectivity index (χ4n) is 3.22. The molecule has 0 N–H and O–H groups in total. The standard InChI is InChI=1S/C30H42O9/c1-21(31)16-17-22-18-19-23(36-25(32)12-8-10-14-27(34)38-29(2,3)4)24(20-22)37-26(33)13-9-11-15-28(35)39-30(5,6)7/h16-20H,8-15H2,1-7H3/b17-16+. The van der Waals surface area contributed by atoms with E-state index in [1.54, 1.807) is 53.7 Å². The number of benzene rings is 1. The number of allylic oxidation sites excluding steroid dienone is 1. The maximum Gasteiger partial charge on any atom is 0.311 e. The van der Waals surface area contributed by atoms with E-state index in [9.17, 15) is 24.0 Å². The van der Waals surface area contributed by atoms with Crippen LogP contribution in [0.1, 0.15) is 105 Å². The van der Waals surface area contributed by atoms with Gasteiger partial charge in [0.2, 0.25) is 0 Å². The number of rotatable bonds is 14. The average Bonchev–Trinajstić information content (AvgIpc) is 2.77. The summed E-state index contributed by atoms with van der Waals surface area (Å²) in [5.41, 5.74) is -0.549. The Bertz CT molecular complexity index is 1040. The Morgan fingerprint density at radius 3 is 1.46 bits per heavy atom. The minimum Gasteiger partial charge on any atom is -0.460 e. The van der Waals surface area contributed by atoms with Crippen LogP contribution >= 0.6 is 0 Å². The monoisotopic (exact) mass is 546 g/mol. The lowest BCUT2D eigenvalue weighted by Crippen LogP contribution is -2.23. The van der Waals surface area contributed by atoms with E-state index in [-0.39, 0.29) is 54.9 Å². The molecule has 0 aromatic heterocycles. The topological polar surface area (TPSA) is 122 Å². The highest BCUT2D eigenvalue weighted by atomic mass is 16.6. The minimum atomic E-state index is -0.566. The lowest BCUT2D eigenvalue weighted by molar-refractivity contribution is -0.156. The van der Waals surface area contributed by atoms with Crippen LogP contribution in [0.4, 0.5) is 0 Å². The van der Waals surface area contributed by atoms with E-state index in [1.165, 1.54) is 25.1 Å². The second kappa shape index (κ2) is 15.8. The smallest absolute Gasteiger partial charge is 0.311 e. The van der Waals surface area contributed by atoms with E-state index in [1.807, 2.05) is 0 Å². The van der Waals surface area contributed by atoms with Gasteiger partial charge in [0.1, 0.15) is 11.2 Å². The summed E-state index contributed by atoms with van der Waals surface area (Å²) in [5.74, 6) is -1.80. The minimum absolute atomic E-state index is 0.0416. The van der Waals surface area contributed by atoms with Crippen LogP contribution in [0, 0.1) is 0 Å². The number of ketones is 1. The van der Waals surface area contributed by atoms with Crippen molar-refractivity contribution in [3.05, 3.63) is 29.8 Å². The second-order valence-electron chi connectivity index (χ2n) is 11.2. The van der Waals surface area contributed by atoms with Crippen LogP contribution in [0.5, 0.6) is 11.5 Å². The van der Waals surface area contributed by atoms with Gasteiger partial charge in [0.15, 0.2) is 17.3 Å². The zero-order chi connectivity index (χ0) is 29.6. The third-order valence-corrected chi connectivity index (χ3v) is 4.79. The maximum absolute atomic E-state index is 12.5. The molecule has 1 aromatic carbocycles. The van der Waals surface area contributed by atoms with Gasteiger partial charge in [0.25, 0.3) is 0 Å². The molecule has 0 saturated heterocycles. The van der Waals surface area contributed by atoms with E-state index >= 15 is 0 Å². The summed E-state index contributed by atoms with van der Waals surface area (Å²) in [4.78, 5) is 59.8. The number of carbonyl (C=O) groups excluding carboxylic acids is 5. The molecule has 0 saturated carbocycles. The SMILES string of the molecule is CC(=O)/C=C/c1ccc(OC(=O)CCCCC(=O)OC(C)(C)C)c(OC(=O)CCCCC(=O)OC(C)(C)C)c1. The van der Waals surface area contributed by atoms with Gasteiger partial charge in [-0.15, -0.1) is 0 Å². The third-order valence-electron chi connectivity index (χ3n) is 4.79. The first-order valence-electron chi connectivity index (χ1n) is 13.2. The van der Waals surface area contributed by atoms with Crippen LogP contribution in [0.2, 0.25) is 0 Å². The van der Waals surface area contributed by atoms with Gasteiger partial charge in [-0.05, 0) is 97.9 Å². The molecule has 0 aliphatic heterocycles. The quantitative estimate of drug-likeness (QED) is 0.121. The molecular formula is C30H42O9. The number of esters is 4. The number of ether oxygens (including phenoxy) is 4. The third kappa shape index (κ3) is 16.9. The summed E-state index contributed by atoms with van der Waals surface area (Å²) >= 11 is 0. The zero-order valence-electron chi connectivity index (χ0n) is 24.2. The number of unbranched alkanes of at least 4 members (excludes halogenated alkanes) is 2. The molecule has 0 bridgehead atoms. The molecule has 0 aliphatic carbocycles. The average molecular weight is 547 g/mol. The molecule has 216 valence electrons. The van der Waals surface area contributed by atoms with Gasteiger partial charge in [-0.2, -0.15) is 0 Å². The highest BCUT2D eigenvalue weighted by molar-refractivity contribution is 5.91. The van der Waals surface area contributed by atoms with E-state index in [4.69, 9.17) is 18.9 Å². The van der Waals surface area contributed by atoms with Gasteiger partial charge in [-0.1, -0.05) is 12.1 Å². The summed E-state index contributed by atoms with van der Waals surface area (Å²) in [6, 6.07) is 4.62. The molecule has 0 fully saturated rings. The molecule has 1 aromatic rings. The molecule has 0 atom stereocenters. The summed E-state index contributed by atoms with van der Waals surface area (Å²) in [7, 11) is 0. The predicted octanol–water partition coefficient (Wildman–Crippen LogP) is 5.90. The van der Waals surface area contributed by atoms with Crippen molar-refractivity contribution >= 4 is 35.7 Å². The lowest BCUT2D eigenvalue weighted by atomic mass is 10.1. The Kier molecular flexibility index (Phi) is 13.6. The Balaban J connectivity index is 2.72. The van der Waals surface area contributed by atoms with Crippen LogP contribution in [0.15, 0.2) is 24.3 Å². The van der Waals surface area contributed by atoms with Crippen molar-refractivity contribution in [3.8, 4) is 11.5 Å². The lowest BCUT2D eigenvalue weighted by Gasteiger charge is -2.19. The number of hydrogen-bond acceptors (Lipinski definition) is 9. The van der Waals surface area contributed by atoms with E-state index < -0.39 is 23.1 Å². The zero-order valence-corrected chi connectivity index (χ0v) is 24.2. The molecule has 0 unspecified atom stereocenters. The van der Waals surface area contributed by atoms with Gasteiger partial charge in [-0.25, -0.2) is 0 Å². The van der Waals surface area contributed by atoms with Crippen LogP contribution in [-0.4, -0.2) is 40.9 Å². The first-order chi connectivity index (χ1) is 18.0. The van der Waals surface area contributed by atoms with Crippen LogP contribution < -0.4 is 9.47 Å². The van der Waals surface area contributed by atoms with E-state index in [2.05, 4.69) is 0 Å². The number of hydrogen-bond donors (Lipinski definition) is 0. The van der Waals surface area contributed by atoms with Crippen LogP contribution in [0.3, 0.4) is 0 Å². The van der Waals surface area contributed by atoms with Crippen molar-refractivity contribution < 1.29 is 42.9 Å². The largest absolute Gasteiger partial charge is 0.460 e. The van der Waals surface area contributed by atoms with Crippen molar-refractivity contribution in [1.82, 2.24) is 0 Å². The molecule has 1 rings (SSSR count). The summed E-state index contributed by atoms with van der Waals surface area (Å²) in [6.07, 6.45) is 5.17. The molecule has 39 heavy (non-hydrogen) atoms. The summed E-state index contributed by atoms with van der Waals surface area (Å²) in [6.45, 7) is 12.1. The van der Waals surface area contributed by atoms with Crippen molar-refractivity contribution in [3.63, 3.8) is 0 Å². The highest BCUT2D eigenvalue weighted by Gasteiger charge is 2.18. The first kappa shape index (κ1) is 33.5. The van der Waals surface area contributed by atoms with E-state index in [0.717, 1.165) is 0 Å². The molecule has 0 spiro atoms. The van der Waals surface area contributed by atoms with Gasteiger partial charge in [0, 0.05) is 25.7 Å². The van der Waals surface area contributed by atoms with E-state index in [0.29, 0.717) is 31.2 Å². The Morgan fingerprint density at radius 1 is 0.641 bits per heavy atom. The molecule has 0 radical (unpaired) electrons. The molecule has 9 nitrogen and oxygen atoms in total. The molecule has 0 amide bonds. The van der Waals surface area contributed by atoms with Gasteiger partial charge in [-0.3, -0.25) is 24.0 Å². The van der Waals surface area contributed by atoms with Gasteiger partial charge < -0.3 is 18.9 Å². The maximum atomic E-state index is 12.5. The summed E-state index contributed by atoms with van der Waals surface area (Å²) < 4.78 is 21.4. The molecule has 0 aliphatic rings. The Morgan fingerprint density at radius 2 is 1.05 bits per heavy atom. The van der Waals surface area contributed by atoms with Crippen molar-refractivity contribution in [2.24, 2.45) is 0 Å². The van der Waals surface area contributed by atoms with Crippen molar-refractivity contribution in [1.29, 1.82) is 0 Å². The van der Waals surface area contributed by atoms with Crippen LogP contribution in [0.25, 0.3) is 6.08 Å². The van der Waals surface area contributed by atoms with Crippen molar-refractivity contribution in [2.75, 3.05) is 0 Å². The number of carbonyl (C=O) groups is 5. The molecule has 9 heteroatoms. The second-order valence-corrected chi connectivity index (χ2v) is 11.2. The molecule has 0 heterocycles. The van der Waals surface area contributed by atoms with Crippen LogP contribution in [-0.2, 0) is 33.4 Å². The Hall–Kier alpha value is -3.49. The van der Waals surface area contributed by atoms with Gasteiger partial charge in [0.05, 0.1) is 0 Å². The molecular weight excluding hydrogens is 504 g/mol. The Labute approximate surface area is 231 Å². The fraction of sp³-hybridized carbons (Fsp3) is 0.567. The fourth-order valence-corrected chi connectivity index (χ4v) is 3.22. The normalized spacial score (nSPS) is 11.7. The summed E-state index contributed by atoms with van der Waals surface area (Å²) in [5, 5.41) is 0. The highest BCUT2D eigenvalue weighted by Crippen LogP contribution is 2.30. The van der Waals surface area contributed by atoms with Crippen molar-refractivity contribution in [2.45, 2.75) is 111 Å².